The molecule has 180 valence electrons. The number of nitrogens with zero attached hydrogens (tertiary/aromatic N) is 3. The van der Waals surface area contributed by atoms with Crippen molar-refractivity contribution in [1.29, 1.82) is 0 Å². The van der Waals surface area contributed by atoms with Gasteiger partial charge in [-0.3, -0.25) is 9.35 Å². The number of para-hydroxylation sites is 2. The largest absolute Gasteiger partial charge is 0.497 e. The van der Waals surface area contributed by atoms with Gasteiger partial charge in [0.25, 0.3) is 11.3 Å². The molecule has 0 aliphatic carbocycles. The molecule has 0 saturated carbocycles. The molecule has 1 amide bonds. The fraction of sp³-hybridized carbons (Fsp3) is 0.125. The number of ether oxygens (including phenoxy) is 1. The summed E-state index contributed by atoms with van der Waals surface area (Å²) in [4.78, 5) is 21.3. The van der Waals surface area contributed by atoms with Crippen molar-refractivity contribution in [2.75, 3.05) is 35.6 Å². The quantitative estimate of drug-likeness (QED) is 0.260. The molecule has 0 bridgehead atoms. The number of fused-ring (bicyclic) bond motifs is 1. The standard InChI is InChI=1S/C24H24N6O4S/c1-25-15-22(31)26-16-7-5-9-18(13-16)30(35(32)33)24-23(27-17-8-6-10-19(14-17)34-2)28-20-11-3-4-12-21(20)29-24/h3-14,25H,15H2,1-2H3,(H,26,31)(H,27,28)(H,32,33). The minimum atomic E-state index is -2.51. The van der Waals surface area contributed by atoms with Crippen molar-refractivity contribution in [2.24, 2.45) is 0 Å². The fourth-order valence-corrected chi connectivity index (χ4v) is 3.99. The lowest BCUT2D eigenvalue weighted by atomic mass is 10.2. The number of carbonyl (C=O) groups is 1. The Labute approximate surface area is 204 Å². The molecule has 11 heteroatoms. The van der Waals surface area contributed by atoms with Gasteiger partial charge in [-0.2, -0.15) is 0 Å². The van der Waals surface area contributed by atoms with Crippen LogP contribution in [0, 0.1) is 0 Å². The van der Waals surface area contributed by atoms with E-state index in [9.17, 15) is 13.6 Å². The third-order valence-corrected chi connectivity index (χ3v) is 5.63. The maximum absolute atomic E-state index is 12.6. The van der Waals surface area contributed by atoms with Gasteiger partial charge in [-0.25, -0.2) is 18.5 Å². The van der Waals surface area contributed by atoms with E-state index in [0.717, 1.165) is 4.31 Å². The number of nitrogens with one attached hydrogen (secondary N) is 3. The van der Waals surface area contributed by atoms with Gasteiger partial charge in [0.15, 0.2) is 11.6 Å². The average molecular weight is 493 g/mol. The maximum atomic E-state index is 12.6. The maximum Gasteiger partial charge on any atom is 0.268 e. The van der Waals surface area contributed by atoms with E-state index in [0.29, 0.717) is 33.8 Å². The minimum absolute atomic E-state index is 0.130. The molecular formula is C24H24N6O4S. The first-order valence-electron chi connectivity index (χ1n) is 10.6. The molecule has 0 aliphatic heterocycles. The highest BCUT2D eigenvalue weighted by molar-refractivity contribution is 7.81. The highest BCUT2D eigenvalue weighted by Crippen LogP contribution is 2.35. The van der Waals surface area contributed by atoms with Crippen LogP contribution in [0.2, 0.25) is 0 Å². The van der Waals surface area contributed by atoms with E-state index in [1.807, 2.05) is 24.3 Å². The van der Waals surface area contributed by atoms with Crippen molar-refractivity contribution in [3.8, 4) is 5.75 Å². The number of carbonyl (C=O) groups excluding carboxylic acids is 1. The normalized spacial score (nSPS) is 11.6. The molecule has 4 rings (SSSR count). The van der Waals surface area contributed by atoms with Gasteiger partial charge in [-0.1, -0.05) is 24.3 Å². The average Bonchev–Trinajstić information content (AvgIpc) is 2.85. The van der Waals surface area contributed by atoms with E-state index < -0.39 is 11.3 Å². The molecule has 10 nitrogen and oxygen atoms in total. The van der Waals surface area contributed by atoms with Crippen LogP contribution in [0.3, 0.4) is 0 Å². The molecule has 4 aromatic rings. The van der Waals surface area contributed by atoms with E-state index in [4.69, 9.17) is 4.74 Å². The highest BCUT2D eigenvalue weighted by atomic mass is 32.2. The first kappa shape index (κ1) is 24.1. The molecule has 35 heavy (non-hydrogen) atoms. The number of rotatable bonds is 9. The van der Waals surface area contributed by atoms with Gasteiger partial charge in [-0.05, 0) is 49.5 Å². The molecule has 0 radical (unpaired) electrons. The lowest BCUT2D eigenvalue weighted by Crippen LogP contribution is -2.25. The molecular weight excluding hydrogens is 468 g/mol. The zero-order valence-corrected chi connectivity index (χ0v) is 19.9. The smallest absolute Gasteiger partial charge is 0.268 e. The van der Waals surface area contributed by atoms with Crippen LogP contribution in [0.4, 0.5) is 28.7 Å². The van der Waals surface area contributed by atoms with Crippen molar-refractivity contribution in [2.45, 2.75) is 0 Å². The Bertz CT molecular complexity index is 1380. The lowest BCUT2D eigenvalue weighted by Gasteiger charge is -2.22. The van der Waals surface area contributed by atoms with E-state index in [-0.39, 0.29) is 24.1 Å². The molecule has 0 aliphatic rings. The van der Waals surface area contributed by atoms with E-state index >= 15 is 0 Å². The third-order valence-electron chi connectivity index (χ3n) is 4.93. The zero-order chi connectivity index (χ0) is 24.8. The summed E-state index contributed by atoms with van der Waals surface area (Å²) in [6.07, 6.45) is 0. The van der Waals surface area contributed by atoms with Crippen LogP contribution in [0.15, 0.2) is 72.8 Å². The van der Waals surface area contributed by atoms with Crippen molar-refractivity contribution in [3.05, 3.63) is 72.8 Å². The number of aromatic nitrogens is 2. The lowest BCUT2D eigenvalue weighted by molar-refractivity contribution is -0.115. The van der Waals surface area contributed by atoms with Crippen LogP contribution in [0.25, 0.3) is 11.0 Å². The van der Waals surface area contributed by atoms with Gasteiger partial charge in [0.05, 0.1) is 30.4 Å². The summed E-state index contributed by atoms with van der Waals surface area (Å²) in [5, 5.41) is 8.72. The van der Waals surface area contributed by atoms with Crippen LogP contribution in [0.5, 0.6) is 5.75 Å². The SMILES string of the molecule is CNCC(=O)Nc1cccc(N(c2nc3ccccc3nc2Nc2cccc(OC)c2)S(=O)O)c1. The third kappa shape index (κ3) is 5.72. The number of likely N-dealkylation sites (N-methyl/N-ethyl adjacent to an activating group) is 1. The van der Waals surface area contributed by atoms with Crippen molar-refractivity contribution >= 4 is 56.9 Å². The van der Waals surface area contributed by atoms with Crippen LogP contribution >= 0.6 is 0 Å². The zero-order valence-electron chi connectivity index (χ0n) is 19.1. The van der Waals surface area contributed by atoms with E-state index in [1.54, 1.807) is 62.7 Å². The fourth-order valence-electron chi connectivity index (χ4n) is 3.42. The molecule has 1 heterocycles. The predicted molar refractivity (Wildman–Crippen MR) is 138 cm³/mol. The first-order chi connectivity index (χ1) is 17.0. The topological polar surface area (TPSA) is 129 Å². The van der Waals surface area contributed by atoms with Crippen molar-refractivity contribution in [3.63, 3.8) is 0 Å². The molecule has 4 N–H and O–H groups in total. The van der Waals surface area contributed by atoms with Crippen LogP contribution in [-0.4, -0.2) is 45.3 Å². The van der Waals surface area contributed by atoms with Crippen molar-refractivity contribution < 1.29 is 18.3 Å². The monoisotopic (exact) mass is 492 g/mol. The highest BCUT2D eigenvalue weighted by Gasteiger charge is 2.23. The van der Waals surface area contributed by atoms with Gasteiger partial charge in [0, 0.05) is 17.4 Å². The van der Waals surface area contributed by atoms with Crippen LogP contribution < -0.4 is 25.0 Å². The summed E-state index contributed by atoms with van der Waals surface area (Å²) in [5.74, 6) is 0.792. The number of hydrogen-bond acceptors (Lipinski definition) is 7. The summed E-state index contributed by atoms with van der Waals surface area (Å²) >= 11 is -2.51. The number of benzene rings is 3. The van der Waals surface area contributed by atoms with Crippen LogP contribution in [0.1, 0.15) is 0 Å². The summed E-state index contributed by atoms with van der Waals surface area (Å²) in [6.45, 7) is 0.130. The second-order valence-corrected chi connectivity index (χ2v) is 8.22. The molecule has 0 saturated heterocycles. The van der Waals surface area contributed by atoms with Crippen molar-refractivity contribution in [1.82, 2.24) is 15.3 Å². The van der Waals surface area contributed by atoms with Gasteiger partial charge < -0.3 is 20.7 Å². The molecule has 3 aromatic carbocycles. The Morgan fingerprint density at radius 1 is 1.00 bits per heavy atom. The minimum Gasteiger partial charge on any atom is -0.497 e. The Balaban J connectivity index is 1.81. The summed E-state index contributed by atoms with van der Waals surface area (Å²) in [5.41, 5.74) is 2.62. The molecule has 1 atom stereocenters. The Morgan fingerprint density at radius 3 is 2.43 bits per heavy atom. The molecule has 1 aromatic heterocycles. The number of hydrogen-bond donors (Lipinski definition) is 4. The second kappa shape index (κ2) is 10.9. The van der Waals surface area contributed by atoms with E-state index in [2.05, 4.69) is 25.9 Å². The summed E-state index contributed by atoms with van der Waals surface area (Å²) in [6, 6.07) is 21.1. The number of anilines is 5. The predicted octanol–water partition coefficient (Wildman–Crippen LogP) is 3.81. The second-order valence-electron chi connectivity index (χ2n) is 7.40. The van der Waals surface area contributed by atoms with E-state index in [1.165, 1.54) is 0 Å². The number of amides is 1. The summed E-state index contributed by atoms with van der Waals surface area (Å²) in [7, 11) is 3.24. The Morgan fingerprint density at radius 2 is 1.71 bits per heavy atom. The Kier molecular flexibility index (Phi) is 7.51. The van der Waals surface area contributed by atoms with Crippen LogP contribution in [-0.2, 0) is 16.1 Å². The first-order valence-corrected chi connectivity index (χ1v) is 11.7. The van der Waals surface area contributed by atoms with Gasteiger partial charge >= 0.3 is 0 Å². The molecule has 1 unspecified atom stereocenters. The molecule has 0 fully saturated rings. The number of methoxy groups -OCH3 is 1. The Hall–Kier alpha value is -4.06. The van der Waals surface area contributed by atoms with Gasteiger partial charge in [-0.15, -0.1) is 0 Å². The van der Waals surface area contributed by atoms with Gasteiger partial charge in [0.1, 0.15) is 5.75 Å². The molecule has 0 spiro atoms. The summed E-state index contributed by atoms with van der Waals surface area (Å²) < 4.78 is 29.3. The van der Waals surface area contributed by atoms with Gasteiger partial charge in [0.2, 0.25) is 5.91 Å².